The van der Waals surface area contributed by atoms with Crippen molar-refractivity contribution in [3.05, 3.63) is 53.3 Å². The minimum absolute atomic E-state index is 0.218. The van der Waals surface area contributed by atoms with E-state index in [1.807, 2.05) is 13.0 Å². The number of ether oxygens (including phenoxy) is 1. The summed E-state index contributed by atoms with van der Waals surface area (Å²) in [6.45, 7) is 2.14. The fourth-order valence-corrected chi connectivity index (χ4v) is 2.83. The summed E-state index contributed by atoms with van der Waals surface area (Å²) in [4.78, 5) is 15.5. The van der Waals surface area contributed by atoms with E-state index >= 15 is 0 Å². The van der Waals surface area contributed by atoms with Crippen LogP contribution in [0.5, 0.6) is 0 Å². The largest absolute Gasteiger partial charge is 0.478 e. The molecule has 7 heteroatoms. The third kappa shape index (κ3) is 3.18. The van der Waals surface area contributed by atoms with Crippen LogP contribution in [0.25, 0.3) is 16.7 Å². The molecular formula is C19H19N3O4. The number of aromatic carboxylic acids is 1. The Morgan fingerprint density at radius 3 is 2.73 bits per heavy atom. The predicted octanol–water partition coefficient (Wildman–Crippen LogP) is 2.64. The Hall–Kier alpha value is -2.77. The predicted molar refractivity (Wildman–Crippen MR) is 94.5 cm³/mol. The normalized spacial score (nSPS) is 15.3. The van der Waals surface area contributed by atoms with Crippen molar-refractivity contribution in [2.24, 2.45) is 0 Å². The van der Waals surface area contributed by atoms with E-state index in [-0.39, 0.29) is 12.2 Å². The van der Waals surface area contributed by atoms with Crippen molar-refractivity contribution in [2.75, 3.05) is 6.61 Å². The van der Waals surface area contributed by atoms with E-state index in [0.29, 0.717) is 17.3 Å². The Balaban J connectivity index is 1.65. The molecule has 0 bridgehead atoms. The number of pyridine rings is 1. The molecule has 2 heterocycles. The number of rotatable bonds is 6. The molecule has 1 aliphatic rings. The molecule has 134 valence electrons. The van der Waals surface area contributed by atoms with Crippen molar-refractivity contribution in [3.8, 4) is 5.69 Å². The summed E-state index contributed by atoms with van der Waals surface area (Å²) in [6.07, 6.45) is 3.34. The van der Waals surface area contributed by atoms with Gasteiger partial charge in [0.1, 0.15) is 6.10 Å². The van der Waals surface area contributed by atoms with Gasteiger partial charge in [0, 0.05) is 17.1 Å². The number of carboxylic acid groups (broad SMARTS) is 1. The van der Waals surface area contributed by atoms with E-state index in [0.717, 1.165) is 29.6 Å². The summed E-state index contributed by atoms with van der Waals surface area (Å²) in [5, 5.41) is 24.7. The van der Waals surface area contributed by atoms with Gasteiger partial charge in [-0.3, -0.25) is 0 Å². The number of hydrogen-bond donors (Lipinski definition) is 2. The highest BCUT2D eigenvalue weighted by molar-refractivity contribution is 5.88. The minimum atomic E-state index is -0.969. The standard InChI is InChI=1S/C19H19N3O4/c1-11-16-8-13(17(23)10-26-15-6-7-15)9-20-18(16)22(21-11)14-4-2-12(3-5-14)19(24)25/h2-5,8-9,15,17,23H,6-7,10H2,1H3,(H,24,25)/t17-/m1/s1. The highest BCUT2D eigenvalue weighted by Crippen LogP contribution is 2.27. The Kier molecular flexibility index (Phi) is 4.18. The molecule has 0 unspecified atom stereocenters. The van der Waals surface area contributed by atoms with E-state index in [9.17, 15) is 9.90 Å². The molecule has 1 atom stereocenters. The van der Waals surface area contributed by atoms with E-state index in [1.54, 1.807) is 23.0 Å². The molecule has 1 aromatic carbocycles. The monoisotopic (exact) mass is 353 g/mol. The number of benzene rings is 1. The zero-order valence-corrected chi connectivity index (χ0v) is 14.3. The zero-order chi connectivity index (χ0) is 18.3. The van der Waals surface area contributed by atoms with Gasteiger partial charge in [0.2, 0.25) is 0 Å². The highest BCUT2D eigenvalue weighted by Gasteiger charge is 2.24. The Labute approximate surface area is 149 Å². The lowest BCUT2D eigenvalue weighted by molar-refractivity contribution is 0.0272. The van der Waals surface area contributed by atoms with Crippen molar-refractivity contribution >= 4 is 17.0 Å². The summed E-state index contributed by atoms with van der Waals surface area (Å²) in [5.74, 6) is -0.969. The zero-order valence-electron chi connectivity index (χ0n) is 14.3. The smallest absolute Gasteiger partial charge is 0.335 e. The second-order valence-electron chi connectivity index (χ2n) is 6.54. The van der Waals surface area contributed by atoms with Crippen LogP contribution >= 0.6 is 0 Å². The number of aliphatic hydroxyl groups is 1. The lowest BCUT2D eigenvalue weighted by Gasteiger charge is -2.11. The Morgan fingerprint density at radius 2 is 2.08 bits per heavy atom. The maximum atomic E-state index is 11.0. The molecule has 3 aromatic rings. The fraction of sp³-hybridized carbons (Fsp3) is 0.316. The van der Waals surface area contributed by atoms with Crippen LogP contribution in [-0.4, -0.2) is 43.7 Å². The SMILES string of the molecule is Cc1nn(-c2ccc(C(=O)O)cc2)c2ncc([C@H](O)COC3CC3)cc12. The van der Waals surface area contributed by atoms with Crippen LogP contribution in [-0.2, 0) is 4.74 Å². The Bertz CT molecular complexity index is 961. The minimum Gasteiger partial charge on any atom is -0.478 e. The van der Waals surface area contributed by atoms with Crippen molar-refractivity contribution in [1.29, 1.82) is 0 Å². The number of carboxylic acids is 1. The van der Waals surface area contributed by atoms with Gasteiger partial charge in [0.05, 0.1) is 29.7 Å². The molecule has 1 aliphatic carbocycles. The summed E-state index contributed by atoms with van der Waals surface area (Å²) in [5.41, 5.74) is 3.08. The molecular weight excluding hydrogens is 334 g/mol. The number of aliphatic hydroxyl groups excluding tert-OH is 1. The molecule has 26 heavy (non-hydrogen) atoms. The lowest BCUT2D eigenvalue weighted by Crippen LogP contribution is -2.08. The molecule has 0 amide bonds. The first-order valence-electron chi connectivity index (χ1n) is 8.51. The average Bonchev–Trinajstić information content (AvgIpc) is 3.42. The van der Waals surface area contributed by atoms with Gasteiger partial charge in [-0.1, -0.05) is 0 Å². The number of nitrogens with zero attached hydrogens (tertiary/aromatic N) is 3. The van der Waals surface area contributed by atoms with Crippen molar-refractivity contribution in [1.82, 2.24) is 14.8 Å². The molecule has 0 saturated heterocycles. The number of aryl methyl sites for hydroxylation is 1. The molecule has 7 nitrogen and oxygen atoms in total. The van der Waals surface area contributed by atoms with Crippen LogP contribution < -0.4 is 0 Å². The maximum Gasteiger partial charge on any atom is 0.335 e. The highest BCUT2D eigenvalue weighted by atomic mass is 16.5. The van der Waals surface area contributed by atoms with Crippen molar-refractivity contribution in [3.63, 3.8) is 0 Å². The van der Waals surface area contributed by atoms with Gasteiger partial charge < -0.3 is 14.9 Å². The van der Waals surface area contributed by atoms with Crippen molar-refractivity contribution in [2.45, 2.75) is 32.0 Å². The number of aromatic nitrogens is 3. The quantitative estimate of drug-likeness (QED) is 0.707. The first kappa shape index (κ1) is 16.7. The van der Waals surface area contributed by atoms with E-state index in [4.69, 9.17) is 9.84 Å². The molecule has 2 N–H and O–H groups in total. The second kappa shape index (κ2) is 6.51. The molecule has 1 fully saturated rings. The van der Waals surface area contributed by atoms with Crippen LogP contribution in [0.1, 0.15) is 40.6 Å². The first-order chi connectivity index (χ1) is 12.5. The van der Waals surface area contributed by atoms with Gasteiger partial charge in [-0.05, 0) is 50.1 Å². The van der Waals surface area contributed by atoms with Crippen LogP contribution in [0.15, 0.2) is 36.5 Å². The van der Waals surface area contributed by atoms with Crippen LogP contribution in [0.2, 0.25) is 0 Å². The summed E-state index contributed by atoms with van der Waals surface area (Å²) in [7, 11) is 0. The van der Waals surface area contributed by atoms with Gasteiger partial charge in [-0.15, -0.1) is 0 Å². The van der Waals surface area contributed by atoms with E-state index in [2.05, 4.69) is 10.1 Å². The molecule has 2 aromatic heterocycles. The number of carbonyl (C=O) groups is 1. The molecule has 0 radical (unpaired) electrons. The number of fused-ring (bicyclic) bond motifs is 1. The summed E-state index contributed by atoms with van der Waals surface area (Å²) >= 11 is 0. The Morgan fingerprint density at radius 1 is 1.35 bits per heavy atom. The molecule has 0 spiro atoms. The van der Waals surface area contributed by atoms with Crippen LogP contribution in [0.4, 0.5) is 0 Å². The third-order valence-electron chi connectivity index (χ3n) is 4.49. The molecule has 1 saturated carbocycles. The van der Waals surface area contributed by atoms with Crippen LogP contribution in [0.3, 0.4) is 0 Å². The average molecular weight is 353 g/mol. The molecule has 0 aliphatic heterocycles. The molecule has 4 rings (SSSR count). The van der Waals surface area contributed by atoms with E-state index < -0.39 is 12.1 Å². The maximum absolute atomic E-state index is 11.0. The number of hydrogen-bond acceptors (Lipinski definition) is 5. The first-order valence-corrected chi connectivity index (χ1v) is 8.51. The topological polar surface area (TPSA) is 97.5 Å². The van der Waals surface area contributed by atoms with Crippen molar-refractivity contribution < 1.29 is 19.7 Å². The van der Waals surface area contributed by atoms with Crippen LogP contribution in [0, 0.1) is 6.92 Å². The summed E-state index contributed by atoms with van der Waals surface area (Å²) in [6, 6.07) is 8.35. The van der Waals surface area contributed by atoms with Gasteiger partial charge >= 0.3 is 5.97 Å². The lowest BCUT2D eigenvalue weighted by atomic mass is 10.1. The fourth-order valence-electron chi connectivity index (χ4n) is 2.83. The summed E-state index contributed by atoms with van der Waals surface area (Å²) < 4.78 is 7.24. The van der Waals surface area contributed by atoms with Gasteiger partial charge in [0.25, 0.3) is 0 Å². The third-order valence-corrected chi connectivity index (χ3v) is 4.49. The van der Waals surface area contributed by atoms with Gasteiger partial charge in [-0.2, -0.15) is 5.10 Å². The van der Waals surface area contributed by atoms with Gasteiger partial charge in [-0.25, -0.2) is 14.5 Å². The van der Waals surface area contributed by atoms with E-state index in [1.165, 1.54) is 12.1 Å². The second-order valence-corrected chi connectivity index (χ2v) is 6.54. The van der Waals surface area contributed by atoms with Gasteiger partial charge in [0.15, 0.2) is 5.65 Å².